The van der Waals surface area contributed by atoms with Gasteiger partial charge in [-0.2, -0.15) is 0 Å². The second-order valence-electron chi connectivity index (χ2n) is 9.23. The lowest BCUT2D eigenvalue weighted by Crippen LogP contribution is -2.35. The van der Waals surface area contributed by atoms with Crippen molar-refractivity contribution in [1.29, 1.82) is 0 Å². The summed E-state index contributed by atoms with van der Waals surface area (Å²) in [5.74, 6) is 1.66. The summed E-state index contributed by atoms with van der Waals surface area (Å²) in [6, 6.07) is 13.7. The number of benzene rings is 2. The molecule has 3 aliphatic rings. The zero-order valence-electron chi connectivity index (χ0n) is 17.6. The average molecular weight is 405 g/mol. The number of esters is 1. The highest BCUT2D eigenvalue weighted by Crippen LogP contribution is 2.57. The van der Waals surface area contributed by atoms with Crippen molar-refractivity contribution in [2.24, 2.45) is 23.7 Å². The highest BCUT2D eigenvalue weighted by atomic mass is 16.6. The van der Waals surface area contributed by atoms with Gasteiger partial charge in [0.25, 0.3) is 0 Å². The summed E-state index contributed by atoms with van der Waals surface area (Å²) in [5, 5.41) is 3.00. The van der Waals surface area contributed by atoms with Crippen LogP contribution in [0.15, 0.2) is 42.5 Å². The molecule has 5 nitrogen and oxygen atoms in total. The first-order valence-electron chi connectivity index (χ1n) is 10.8. The summed E-state index contributed by atoms with van der Waals surface area (Å²) in [4.78, 5) is 25.1. The van der Waals surface area contributed by atoms with Gasteiger partial charge in [0.05, 0.1) is 11.8 Å². The third kappa shape index (κ3) is 3.17. The summed E-state index contributed by atoms with van der Waals surface area (Å²) in [6.45, 7) is 6.34. The molecule has 3 fully saturated rings. The molecule has 1 heterocycles. The van der Waals surface area contributed by atoms with E-state index < -0.39 is 0 Å². The van der Waals surface area contributed by atoms with Crippen LogP contribution in [0.4, 0.5) is 5.69 Å². The smallest absolute Gasteiger partial charge is 0.310 e. The maximum atomic E-state index is 12.9. The van der Waals surface area contributed by atoms with Gasteiger partial charge in [0.15, 0.2) is 0 Å². The highest BCUT2D eigenvalue weighted by Gasteiger charge is 2.63. The fourth-order valence-corrected chi connectivity index (χ4v) is 5.53. The van der Waals surface area contributed by atoms with Crippen LogP contribution in [0, 0.1) is 30.6 Å². The monoisotopic (exact) mass is 405 g/mol. The lowest BCUT2D eigenvalue weighted by Gasteiger charge is -2.23. The number of fused-ring (bicyclic) bond motifs is 1. The van der Waals surface area contributed by atoms with Crippen LogP contribution in [0.5, 0.6) is 11.5 Å². The number of hydrogen-bond donors (Lipinski definition) is 1. The Morgan fingerprint density at radius 1 is 1.13 bits per heavy atom. The minimum Gasteiger partial charge on any atom is -0.462 e. The summed E-state index contributed by atoms with van der Waals surface area (Å²) < 4.78 is 11.6. The van der Waals surface area contributed by atoms with Crippen LogP contribution < -0.4 is 10.1 Å². The van der Waals surface area contributed by atoms with Gasteiger partial charge in [-0.1, -0.05) is 26.0 Å². The molecule has 1 amide bonds. The third-order valence-corrected chi connectivity index (χ3v) is 6.93. The molecule has 0 radical (unpaired) electrons. The standard InChI is InChI=1S/C25H27NO4/c1-13(2)18-9-4-14(3)10-20(18)29-17-7-5-16(6-8-17)26-24(27)22-15-11-19-21(12-15)30-25(28)23(19)22/h4-10,13,15,19,21-23H,11-12H2,1-3H3,(H,26,27)/t15-,19-,21+,22-,23-/m1/s1. The van der Waals surface area contributed by atoms with E-state index in [2.05, 4.69) is 31.3 Å². The highest BCUT2D eigenvalue weighted by molar-refractivity contribution is 5.97. The van der Waals surface area contributed by atoms with E-state index in [0.717, 1.165) is 35.5 Å². The molecule has 2 aliphatic carbocycles. The predicted octanol–water partition coefficient (Wildman–Crippen LogP) is 5.05. The van der Waals surface area contributed by atoms with Gasteiger partial charge in [-0.25, -0.2) is 0 Å². The lowest BCUT2D eigenvalue weighted by molar-refractivity contribution is -0.145. The van der Waals surface area contributed by atoms with Gasteiger partial charge in [-0.05, 0) is 73.1 Å². The number of nitrogens with one attached hydrogen (secondary N) is 1. The van der Waals surface area contributed by atoms with E-state index in [1.165, 1.54) is 0 Å². The number of carbonyl (C=O) groups excluding carboxylic acids is 2. The molecule has 30 heavy (non-hydrogen) atoms. The second-order valence-corrected chi connectivity index (χ2v) is 9.23. The van der Waals surface area contributed by atoms with E-state index in [1.54, 1.807) is 0 Å². The van der Waals surface area contributed by atoms with Crippen molar-refractivity contribution in [2.75, 3.05) is 5.32 Å². The molecular formula is C25H27NO4. The van der Waals surface area contributed by atoms with Crippen LogP contribution in [-0.4, -0.2) is 18.0 Å². The average Bonchev–Trinajstić information content (AvgIpc) is 3.32. The van der Waals surface area contributed by atoms with Crippen molar-refractivity contribution in [1.82, 2.24) is 0 Å². The van der Waals surface area contributed by atoms with Crippen molar-refractivity contribution in [3.05, 3.63) is 53.6 Å². The van der Waals surface area contributed by atoms with Crippen molar-refractivity contribution in [2.45, 2.75) is 45.6 Å². The van der Waals surface area contributed by atoms with E-state index in [4.69, 9.17) is 9.47 Å². The van der Waals surface area contributed by atoms with Crippen LogP contribution in [0.2, 0.25) is 0 Å². The second kappa shape index (κ2) is 7.15. The van der Waals surface area contributed by atoms with Gasteiger partial charge in [-0.15, -0.1) is 0 Å². The van der Waals surface area contributed by atoms with E-state index in [0.29, 0.717) is 11.6 Å². The molecule has 156 valence electrons. The number of anilines is 1. The number of carbonyl (C=O) groups is 2. The van der Waals surface area contributed by atoms with Gasteiger partial charge >= 0.3 is 5.97 Å². The van der Waals surface area contributed by atoms with Crippen LogP contribution in [0.1, 0.15) is 43.7 Å². The van der Waals surface area contributed by atoms with Gasteiger partial charge in [0, 0.05) is 11.6 Å². The van der Waals surface area contributed by atoms with Crippen LogP contribution >= 0.6 is 0 Å². The molecule has 5 atom stereocenters. The fourth-order valence-electron chi connectivity index (χ4n) is 5.53. The quantitative estimate of drug-likeness (QED) is 0.707. The number of rotatable bonds is 5. The summed E-state index contributed by atoms with van der Waals surface area (Å²) in [6.07, 6.45) is 1.80. The van der Waals surface area contributed by atoms with Crippen LogP contribution in [-0.2, 0) is 14.3 Å². The van der Waals surface area contributed by atoms with Crippen molar-refractivity contribution in [3.63, 3.8) is 0 Å². The Labute approximate surface area is 176 Å². The summed E-state index contributed by atoms with van der Waals surface area (Å²) >= 11 is 0. The van der Waals surface area contributed by atoms with Crippen molar-refractivity contribution in [3.8, 4) is 11.5 Å². The zero-order chi connectivity index (χ0) is 21.0. The molecular weight excluding hydrogens is 378 g/mol. The van der Waals surface area contributed by atoms with Crippen LogP contribution in [0.25, 0.3) is 0 Å². The molecule has 0 spiro atoms. The number of hydrogen-bond acceptors (Lipinski definition) is 4. The normalized spacial score (nSPS) is 28.7. The first kappa shape index (κ1) is 19.2. The number of ether oxygens (including phenoxy) is 2. The first-order chi connectivity index (χ1) is 14.4. The van der Waals surface area contributed by atoms with Gasteiger partial charge in [-0.3, -0.25) is 9.59 Å². The lowest BCUT2D eigenvalue weighted by atomic mass is 9.79. The SMILES string of the molecule is Cc1ccc(C(C)C)c(Oc2ccc(NC(=O)[C@@H]3[C@@H]4C[C@H]5[C@H]3C(=O)O[C@H]5C4)cc2)c1. The Kier molecular flexibility index (Phi) is 4.57. The van der Waals surface area contributed by atoms with Crippen LogP contribution in [0.3, 0.4) is 0 Å². The Bertz CT molecular complexity index is 995. The predicted molar refractivity (Wildman–Crippen MR) is 113 cm³/mol. The Morgan fingerprint density at radius 2 is 1.90 bits per heavy atom. The maximum absolute atomic E-state index is 12.9. The molecule has 5 heteroatoms. The molecule has 1 N–H and O–H groups in total. The van der Waals surface area contributed by atoms with E-state index in [9.17, 15) is 9.59 Å². The minimum atomic E-state index is -0.266. The van der Waals surface area contributed by atoms with E-state index >= 15 is 0 Å². The topological polar surface area (TPSA) is 64.6 Å². The van der Waals surface area contributed by atoms with Crippen molar-refractivity contribution < 1.29 is 19.1 Å². The van der Waals surface area contributed by atoms with Gasteiger partial charge in [0.2, 0.25) is 5.91 Å². The Balaban J connectivity index is 1.28. The number of aryl methyl sites for hydroxylation is 1. The summed E-state index contributed by atoms with van der Waals surface area (Å²) in [5.41, 5.74) is 3.03. The molecule has 2 saturated carbocycles. The van der Waals surface area contributed by atoms with Crippen molar-refractivity contribution >= 4 is 17.6 Å². The van der Waals surface area contributed by atoms with Gasteiger partial charge < -0.3 is 14.8 Å². The molecule has 5 rings (SSSR count). The number of amides is 1. The van der Waals surface area contributed by atoms with E-state index in [-0.39, 0.29) is 41.7 Å². The fraction of sp³-hybridized carbons (Fsp3) is 0.440. The first-order valence-corrected chi connectivity index (χ1v) is 10.8. The third-order valence-electron chi connectivity index (χ3n) is 6.93. The maximum Gasteiger partial charge on any atom is 0.310 e. The Morgan fingerprint density at radius 3 is 2.63 bits per heavy atom. The van der Waals surface area contributed by atoms with E-state index in [1.807, 2.05) is 37.3 Å². The molecule has 1 aliphatic heterocycles. The zero-order valence-corrected chi connectivity index (χ0v) is 17.6. The molecule has 2 bridgehead atoms. The van der Waals surface area contributed by atoms with Gasteiger partial charge in [0.1, 0.15) is 17.6 Å². The molecule has 0 aromatic heterocycles. The molecule has 2 aromatic rings. The molecule has 1 saturated heterocycles. The minimum absolute atomic E-state index is 0.0466. The summed E-state index contributed by atoms with van der Waals surface area (Å²) in [7, 11) is 0. The Hall–Kier alpha value is -2.82. The molecule has 2 aromatic carbocycles. The largest absolute Gasteiger partial charge is 0.462 e. The molecule has 0 unspecified atom stereocenters.